The van der Waals surface area contributed by atoms with E-state index in [0.29, 0.717) is 17.1 Å². The summed E-state index contributed by atoms with van der Waals surface area (Å²) in [6, 6.07) is 4.26. The Hall–Kier alpha value is -2.76. The molecular formula is C17H19N3O3. The normalized spacial score (nSPS) is 11.8. The minimum Gasteiger partial charge on any atom is -0.479 e. The standard InChI is InChI=1S/C17H19N3O3/c1-9-6-5-7-13(10(9)2)15(17(22)23)20-16(21)14-8-18-12(4)19-11(14)3/h5-8,15H,1-4H3,(H,20,21)(H,22,23)/t15-/m1/s1. The van der Waals surface area contributed by atoms with Crippen LogP contribution in [0, 0.1) is 27.7 Å². The van der Waals surface area contributed by atoms with Crippen LogP contribution in [0.2, 0.25) is 0 Å². The lowest BCUT2D eigenvalue weighted by Gasteiger charge is -2.18. The Morgan fingerprint density at radius 1 is 1.17 bits per heavy atom. The average molecular weight is 313 g/mol. The van der Waals surface area contributed by atoms with Gasteiger partial charge in [-0.2, -0.15) is 0 Å². The first-order valence-corrected chi connectivity index (χ1v) is 7.21. The molecule has 23 heavy (non-hydrogen) atoms. The van der Waals surface area contributed by atoms with Gasteiger partial charge in [-0.3, -0.25) is 4.79 Å². The number of carboxylic acids is 1. The van der Waals surface area contributed by atoms with E-state index in [4.69, 9.17) is 0 Å². The minimum absolute atomic E-state index is 0.271. The van der Waals surface area contributed by atoms with Crippen LogP contribution in [-0.2, 0) is 4.79 Å². The molecule has 1 amide bonds. The van der Waals surface area contributed by atoms with Crippen molar-refractivity contribution >= 4 is 11.9 Å². The summed E-state index contributed by atoms with van der Waals surface area (Å²) in [6.07, 6.45) is 1.41. The maximum absolute atomic E-state index is 12.4. The molecule has 0 spiro atoms. The van der Waals surface area contributed by atoms with Crippen molar-refractivity contribution in [3.05, 3.63) is 58.2 Å². The molecule has 0 unspecified atom stereocenters. The first-order valence-electron chi connectivity index (χ1n) is 7.21. The Kier molecular flexibility index (Phi) is 4.74. The van der Waals surface area contributed by atoms with E-state index in [2.05, 4.69) is 15.3 Å². The number of carbonyl (C=O) groups is 2. The third kappa shape index (κ3) is 3.53. The van der Waals surface area contributed by atoms with E-state index in [1.54, 1.807) is 26.0 Å². The third-order valence-corrected chi connectivity index (χ3v) is 3.82. The largest absolute Gasteiger partial charge is 0.479 e. The zero-order chi connectivity index (χ0) is 17.1. The van der Waals surface area contributed by atoms with Crippen LogP contribution in [0.3, 0.4) is 0 Å². The summed E-state index contributed by atoms with van der Waals surface area (Å²) in [6.45, 7) is 7.16. The molecule has 0 radical (unpaired) electrons. The van der Waals surface area contributed by atoms with Gasteiger partial charge in [0.2, 0.25) is 0 Å². The Morgan fingerprint density at radius 3 is 2.48 bits per heavy atom. The fourth-order valence-corrected chi connectivity index (χ4v) is 2.37. The predicted octanol–water partition coefficient (Wildman–Crippen LogP) is 2.27. The molecule has 1 aromatic carbocycles. The van der Waals surface area contributed by atoms with Gasteiger partial charge in [-0.15, -0.1) is 0 Å². The lowest BCUT2D eigenvalue weighted by Crippen LogP contribution is -2.35. The summed E-state index contributed by atoms with van der Waals surface area (Å²) < 4.78 is 0. The number of benzene rings is 1. The van der Waals surface area contributed by atoms with Crippen LogP contribution >= 0.6 is 0 Å². The lowest BCUT2D eigenvalue weighted by molar-refractivity contribution is -0.139. The smallest absolute Gasteiger partial charge is 0.330 e. The number of rotatable bonds is 4. The van der Waals surface area contributed by atoms with Gasteiger partial charge >= 0.3 is 5.97 Å². The van der Waals surface area contributed by atoms with Crippen molar-refractivity contribution in [1.82, 2.24) is 15.3 Å². The highest BCUT2D eigenvalue weighted by molar-refractivity contribution is 5.97. The molecule has 2 rings (SSSR count). The van der Waals surface area contributed by atoms with Crippen LogP contribution in [0.15, 0.2) is 24.4 Å². The number of aliphatic carboxylic acids is 1. The van der Waals surface area contributed by atoms with Crippen LogP contribution in [0.4, 0.5) is 0 Å². The van der Waals surface area contributed by atoms with Crippen LogP contribution < -0.4 is 5.32 Å². The molecule has 0 aliphatic carbocycles. The first kappa shape index (κ1) is 16.6. The predicted molar refractivity (Wildman–Crippen MR) is 85.3 cm³/mol. The van der Waals surface area contributed by atoms with Crippen LogP contribution in [0.5, 0.6) is 0 Å². The molecule has 1 atom stereocenters. The third-order valence-electron chi connectivity index (χ3n) is 3.82. The van der Waals surface area contributed by atoms with Crippen molar-refractivity contribution in [2.45, 2.75) is 33.7 Å². The number of hydrogen-bond acceptors (Lipinski definition) is 4. The van der Waals surface area contributed by atoms with Gasteiger partial charge in [0.15, 0.2) is 6.04 Å². The molecule has 0 bridgehead atoms. The van der Waals surface area contributed by atoms with Gasteiger partial charge in [0.1, 0.15) is 5.82 Å². The first-order chi connectivity index (χ1) is 10.8. The number of aromatic nitrogens is 2. The molecule has 6 nitrogen and oxygen atoms in total. The maximum Gasteiger partial charge on any atom is 0.330 e. The van der Waals surface area contributed by atoms with Crippen molar-refractivity contribution in [2.75, 3.05) is 0 Å². The van der Waals surface area contributed by atoms with E-state index in [-0.39, 0.29) is 5.56 Å². The molecule has 0 aliphatic heterocycles. The summed E-state index contributed by atoms with van der Waals surface area (Å²) in [4.78, 5) is 32.2. The second-order valence-corrected chi connectivity index (χ2v) is 5.45. The van der Waals surface area contributed by atoms with Crippen LogP contribution in [0.25, 0.3) is 0 Å². The molecule has 0 aliphatic rings. The van der Waals surface area contributed by atoms with Crippen LogP contribution in [-0.4, -0.2) is 27.0 Å². The highest BCUT2D eigenvalue weighted by Crippen LogP contribution is 2.21. The number of amides is 1. The Balaban J connectivity index is 2.35. The van der Waals surface area contributed by atoms with Crippen molar-refractivity contribution in [3.63, 3.8) is 0 Å². The maximum atomic E-state index is 12.4. The van der Waals surface area contributed by atoms with Gasteiger partial charge < -0.3 is 10.4 Å². The molecule has 0 saturated heterocycles. The Bertz CT molecular complexity index is 772. The number of aryl methyl sites for hydroxylation is 3. The van der Waals surface area contributed by atoms with Gasteiger partial charge in [-0.05, 0) is 44.4 Å². The number of hydrogen-bond donors (Lipinski definition) is 2. The van der Waals surface area contributed by atoms with E-state index in [1.165, 1.54) is 6.20 Å². The van der Waals surface area contributed by atoms with Crippen molar-refractivity contribution < 1.29 is 14.7 Å². The monoisotopic (exact) mass is 313 g/mol. The highest BCUT2D eigenvalue weighted by Gasteiger charge is 2.25. The van der Waals surface area contributed by atoms with Crippen molar-refractivity contribution in [3.8, 4) is 0 Å². The lowest BCUT2D eigenvalue weighted by atomic mass is 9.97. The van der Waals surface area contributed by atoms with Crippen molar-refractivity contribution in [1.29, 1.82) is 0 Å². The van der Waals surface area contributed by atoms with Gasteiger partial charge in [0, 0.05) is 6.20 Å². The van der Waals surface area contributed by atoms with E-state index in [1.807, 2.05) is 19.9 Å². The molecule has 1 heterocycles. The second kappa shape index (κ2) is 6.56. The van der Waals surface area contributed by atoms with Gasteiger partial charge in [-0.1, -0.05) is 18.2 Å². The van der Waals surface area contributed by atoms with Crippen LogP contribution in [0.1, 0.15) is 44.6 Å². The van der Waals surface area contributed by atoms with E-state index in [9.17, 15) is 14.7 Å². The van der Waals surface area contributed by atoms with Crippen molar-refractivity contribution in [2.24, 2.45) is 0 Å². The summed E-state index contributed by atoms with van der Waals surface area (Å²) in [5.41, 5.74) is 3.17. The zero-order valence-electron chi connectivity index (χ0n) is 13.5. The second-order valence-electron chi connectivity index (χ2n) is 5.45. The topological polar surface area (TPSA) is 92.2 Å². The molecule has 2 aromatic rings. The number of nitrogens with zero attached hydrogens (tertiary/aromatic N) is 2. The van der Waals surface area contributed by atoms with E-state index < -0.39 is 17.9 Å². The van der Waals surface area contributed by atoms with E-state index in [0.717, 1.165) is 11.1 Å². The fraction of sp³-hybridized carbons (Fsp3) is 0.294. The quantitative estimate of drug-likeness (QED) is 0.903. The Labute approximate surface area is 134 Å². The zero-order valence-corrected chi connectivity index (χ0v) is 13.5. The molecular weight excluding hydrogens is 294 g/mol. The van der Waals surface area contributed by atoms with Gasteiger partial charge in [-0.25, -0.2) is 14.8 Å². The average Bonchev–Trinajstić information content (AvgIpc) is 2.47. The van der Waals surface area contributed by atoms with Gasteiger partial charge in [0.05, 0.1) is 11.3 Å². The fourth-order valence-electron chi connectivity index (χ4n) is 2.37. The summed E-state index contributed by atoms with van der Waals surface area (Å²) in [5, 5.41) is 12.1. The molecule has 2 N–H and O–H groups in total. The summed E-state index contributed by atoms with van der Waals surface area (Å²) >= 11 is 0. The van der Waals surface area contributed by atoms with E-state index >= 15 is 0 Å². The number of nitrogens with one attached hydrogen (secondary N) is 1. The minimum atomic E-state index is -1.12. The summed E-state index contributed by atoms with van der Waals surface area (Å²) in [5.74, 6) is -1.06. The molecule has 0 saturated carbocycles. The molecule has 1 aromatic heterocycles. The Morgan fingerprint density at radius 2 is 1.87 bits per heavy atom. The van der Waals surface area contributed by atoms with Gasteiger partial charge in [0.25, 0.3) is 5.91 Å². The highest BCUT2D eigenvalue weighted by atomic mass is 16.4. The SMILES string of the molecule is Cc1ncc(C(=O)N[C@@H](C(=O)O)c2cccc(C)c2C)c(C)n1. The summed E-state index contributed by atoms with van der Waals surface area (Å²) in [7, 11) is 0. The molecule has 6 heteroatoms. The molecule has 0 fully saturated rings. The number of carbonyl (C=O) groups excluding carboxylic acids is 1. The number of carboxylic acid groups (broad SMARTS) is 1. The molecule has 120 valence electrons.